The fourth-order valence-electron chi connectivity index (χ4n) is 2.17. The summed E-state index contributed by atoms with van der Waals surface area (Å²) in [6.45, 7) is 0.789. The zero-order valence-corrected chi connectivity index (χ0v) is 14.2. The topological polar surface area (TPSA) is 119 Å². The van der Waals surface area contributed by atoms with Gasteiger partial charge in [0.15, 0.2) is 6.61 Å². The highest BCUT2D eigenvalue weighted by Gasteiger charge is 2.33. The molecular formula is C17H13F3N2O6. The highest BCUT2D eigenvalue weighted by molar-refractivity contribution is 5.97. The molecule has 0 heterocycles. The normalized spacial score (nSPS) is 11.0. The van der Waals surface area contributed by atoms with Gasteiger partial charge in [0.05, 0.1) is 10.5 Å². The lowest BCUT2D eigenvalue weighted by atomic mass is 10.1. The first-order valence-electron chi connectivity index (χ1n) is 7.61. The van der Waals surface area contributed by atoms with Gasteiger partial charge < -0.3 is 15.2 Å². The Morgan fingerprint density at radius 1 is 1.21 bits per heavy atom. The van der Waals surface area contributed by atoms with Crippen LogP contribution in [0.3, 0.4) is 0 Å². The summed E-state index contributed by atoms with van der Waals surface area (Å²) in [4.78, 5) is 33.7. The van der Waals surface area contributed by atoms with E-state index in [1.165, 1.54) is 12.1 Å². The molecule has 11 heteroatoms. The number of alkyl halides is 3. The summed E-state index contributed by atoms with van der Waals surface area (Å²) in [7, 11) is 0. The quantitative estimate of drug-likeness (QED) is 0.453. The van der Waals surface area contributed by atoms with Gasteiger partial charge in [-0.1, -0.05) is 11.6 Å². The number of rotatable bonds is 5. The van der Waals surface area contributed by atoms with E-state index in [2.05, 4.69) is 0 Å². The van der Waals surface area contributed by atoms with E-state index in [0.717, 1.165) is 6.07 Å². The molecular weight excluding hydrogens is 385 g/mol. The van der Waals surface area contributed by atoms with Crippen molar-refractivity contribution < 1.29 is 37.5 Å². The number of phenolic OH excluding ortho intramolecular Hbond substituents is 1. The van der Waals surface area contributed by atoms with E-state index in [9.17, 15) is 38.0 Å². The molecule has 2 aromatic carbocycles. The van der Waals surface area contributed by atoms with Crippen LogP contribution in [0.15, 0.2) is 36.4 Å². The fraction of sp³-hybridized carbons (Fsp3) is 0.176. The van der Waals surface area contributed by atoms with Crippen LogP contribution in [-0.2, 0) is 15.7 Å². The first-order valence-corrected chi connectivity index (χ1v) is 7.61. The summed E-state index contributed by atoms with van der Waals surface area (Å²) < 4.78 is 42.7. The number of nitrogens with zero attached hydrogens (tertiary/aromatic N) is 1. The second kappa shape index (κ2) is 7.94. The number of ether oxygens (including phenoxy) is 1. The van der Waals surface area contributed by atoms with Crippen LogP contribution in [-0.4, -0.2) is 28.5 Å². The van der Waals surface area contributed by atoms with Crippen molar-refractivity contribution in [2.75, 3.05) is 11.9 Å². The van der Waals surface area contributed by atoms with Crippen molar-refractivity contribution in [3.05, 3.63) is 63.2 Å². The van der Waals surface area contributed by atoms with Crippen molar-refractivity contribution in [2.24, 2.45) is 0 Å². The number of nitro groups is 1. The van der Waals surface area contributed by atoms with Gasteiger partial charge in [-0.15, -0.1) is 0 Å². The van der Waals surface area contributed by atoms with Crippen molar-refractivity contribution in [1.82, 2.24) is 0 Å². The van der Waals surface area contributed by atoms with Crippen molar-refractivity contribution in [1.29, 1.82) is 0 Å². The molecule has 0 aliphatic heterocycles. The lowest BCUT2D eigenvalue weighted by molar-refractivity contribution is -0.384. The van der Waals surface area contributed by atoms with E-state index in [-0.39, 0.29) is 17.4 Å². The average Bonchev–Trinajstić information content (AvgIpc) is 2.60. The third-order valence-electron chi connectivity index (χ3n) is 3.50. The van der Waals surface area contributed by atoms with Crippen LogP contribution in [0.5, 0.6) is 5.75 Å². The minimum atomic E-state index is -4.79. The zero-order valence-electron chi connectivity index (χ0n) is 14.2. The molecule has 0 bridgehead atoms. The standard InChI is InChI=1S/C17H13F3N2O6/c1-9-2-5-14(23)11(6-9)16(25)28-8-15(24)21-12-4-3-10(17(18,19)20)7-13(12)22(26)27/h2-7,23H,8H2,1H3,(H,21,24). The number of nitro benzene ring substituents is 1. The Balaban J connectivity index is 2.09. The molecule has 0 aliphatic rings. The van der Waals surface area contributed by atoms with Gasteiger partial charge in [-0.2, -0.15) is 13.2 Å². The van der Waals surface area contributed by atoms with Gasteiger partial charge in [-0.3, -0.25) is 14.9 Å². The zero-order chi connectivity index (χ0) is 21.1. The predicted octanol–water partition coefficient (Wildman–Crippen LogP) is 3.42. The van der Waals surface area contributed by atoms with Gasteiger partial charge in [0.2, 0.25) is 0 Å². The number of phenols is 1. The minimum Gasteiger partial charge on any atom is -0.507 e. The Morgan fingerprint density at radius 3 is 2.50 bits per heavy atom. The molecule has 0 aliphatic carbocycles. The van der Waals surface area contributed by atoms with Crippen molar-refractivity contribution in [2.45, 2.75) is 13.1 Å². The number of aromatic hydroxyl groups is 1. The second-order valence-corrected chi connectivity index (χ2v) is 5.63. The molecule has 1 amide bonds. The smallest absolute Gasteiger partial charge is 0.416 e. The number of halogens is 3. The first-order chi connectivity index (χ1) is 13.0. The largest absolute Gasteiger partial charge is 0.507 e. The molecule has 28 heavy (non-hydrogen) atoms. The number of amides is 1. The maximum atomic E-state index is 12.7. The van der Waals surface area contributed by atoms with Crippen LogP contribution >= 0.6 is 0 Å². The van der Waals surface area contributed by atoms with E-state index >= 15 is 0 Å². The lowest BCUT2D eigenvalue weighted by Crippen LogP contribution is -2.21. The van der Waals surface area contributed by atoms with Gasteiger partial charge in [-0.05, 0) is 31.2 Å². The van der Waals surface area contributed by atoms with Crippen molar-refractivity contribution in [3.8, 4) is 5.75 Å². The first kappa shape index (κ1) is 20.7. The third kappa shape index (κ3) is 4.96. The van der Waals surface area contributed by atoms with Crippen molar-refractivity contribution in [3.63, 3.8) is 0 Å². The third-order valence-corrected chi connectivity index (χ3v) is 3.50. The Kier molecular flexibility index (Phi) is 5.87. The molecule has 0 saturated carbocycles. The number of carbonyl (C=O) groups excluding carboxylic acids is 2. The Labute approximate surface area is 155 Å². The number of esters is 1. The number of nitrogens with one attached hydrogen (secondary N) is 1. The highest BCUT2D eigenvalue weighted by atomic mass is 19.4. The second-order valence-electron chi connectivity index (χ2n) is 5.63. The fourth-order valence-corrected chi connectivity index (χ4v) is 2.17. The van der Waals surface area contributed by atoms with Crippen LogP contribution in [0.1, 0.15) is 21.5 Å². The summed E-state index contributed by atoms with van der Waals surface area (Å²) in [6.07, 6.45) is -4.79. The number of carbonyl (C=O) groups is 2. The number of benzene rings is 2. The summed E-state index contributed by atoms with van der Waals surface area (Å²) in [6, 6.07) is 5.72. The molecule has 2 aromatic rings. The molecule has 148 valence electrons. The molecule has 0 saturated heterocycles. The summed E-state index contributed by atoms with van der Waals surface area (Å²) in [5.41, 5.74) is -2.25. The van der Waals surface area contributed by atoms with Gasteiger partial charge in [0.25, 0.3) is 11.6 Å². The van der Waals surface area contributed by atoms with Gasteiger partial charge in [0.1, 0.15) is 17.0 Å². The average molecular weight is 398 g/mol. The Bertz CT molecular complexity index is 943. The number of aryl methyl sites for hydroxylation is 1. The van der Waals surface area contributed by atoms with Gasteiger partial charge in [0, 0.05) is 6.07 Å². The SMILES string of the molecule is Cc1ccc(O)c(C(=O)OCC(=O)Nc2ccc(C(F)(F)F)cc2[N+](=O)[O-])c1. The van der Waals surface area contributed by atoms with E-state index in [4.69, 9.17) is 4.74 Å². The molecule has 0 radical (unpaired) electrons. The number of hydrogen-bond acceptors (Lipinski definition) is 6. The Hall–Kier alpha value is -3.63. The molecule has 0 atom stereocenters. The van der Waals surface area contributed by atoms with E-state index in [0.29, 0.717) is 11.6 Å². The predicted molar refractivity (Wildman–Crippen MR) is 89.9 cm³/mol. The van der Waals surface area contributed by atoms with E-state index in [1.54, 1.807) is 13.0 Å². The van der Waals surface area contributed by atoms with Crippen molar-refractivity contribution >= 4 is 23.3 Å². The molecule has 0 spiro atoms. The molecule has 8 nitrogen and oxygen atoms in total. The van der Waals surface area contributed by atoms with Crippen LogP contribution in [0.2, 0.25) is 0 Å². The van der Waals surface area contributed by atoms with Gasteiger partial charge in [-0.25, -0.2) is 4.79 Å². The number of hydrogen-bond donors (Lipinski definition) is 2. The summed E-state index contributed by atoms with van der Waals surface area (Å²) >= 11 is 0. The van der Waals surface area contributed by atoms with Crippen LogP contribution in [0.25, 0.3) is 0 Å². The van der Waals surface area contributed by atoms with Crippen LogP contribution in [0.4, 0.5) is 24.5 Å². The van der Waals surface area contributed by atoms with E-state index < -0.39 is 46.5 Å². The Morgan fingerprint density at radius 2 is 1.89 bits per heavy atom. The molecule has 2 rings (SSSR count). The summed E-state index contributed by atoms with van der Waals surface area (Å²) in [5, 5.41) is 22.6. The summed E-state index contributed by atoms with van der Waals surface area (Å²) in [5.74, 6) is -2.39. The minimum absolute atomic E-state index is 0.187. The molecule has 0 aromatic heterocycles. The lowest BCUT2D eigenvalue weighted by Gasteiger charge is -2.10. The molecule has 0 fully saturated rings. The van der Waals surface area contributed by atoms with Gasteiger partial charge >= 0.3 is 12.1 Å². The molecule has 0 unspecified atom stereocenters. The number of anilines is 1. The van der Waals surface area contributed by atoms with Crippen LogP contribution < -0.4 is 5.32 Å². The van der Waals surface area contributed by atoms with Crippen LogP contribution in [0, 0.1) is 17.0 Å². The monoisotopic (exact) mass is 398 g/mol. The maximum absolute atomic E-state index is 12.7. The van der Waals surface area contributed by atoms with E-state index in [1.807, 2.05) is 5.32 Å². The highest BCUT2D eigenvalue weighted by Crippen LogP contribution is 2.34. The maximum Gasteiger partial charge on any atom is 0.416 e. The molecule has 2 N–H and O–H groups in total.